The number of benzene rings is 1. The number of aromatic nitrogens is 2. The van der Waals surface area contributed by atoms with Gasteiger partial charge in [0.25, 0.3) is 0 Å². The minimum absolute atomic E-state index is 0.0116. The molecule has 0 aliphatic carbocycles. The summed E-state index contributed by atoms with van der Waals surface area (Å²) in [4.78, 5) is 4.30. The normalized spacial score (nSPS) is 20.9. The van der Waals surface area contributed by atoms with E-state index in [0.29, 0.717) is 4.47 Å². The summed E-state index contributed by atoms with van der Waals surface area (Å²) in [6, 6.07) is 2.94. The molecule has 1 unspecified atom stereocenters. The Labute approximate surface area is 107 Å². The molecule has 17 heavy (non-hydrogen) atoms. The Morgan fingerprint density at radius 3 is 3.06 bits per heavy atom. The van der Waals surface area contributed by atoms with E-state index in [4.69, 9.17) is 4.74 Å². The molecule has 1 aromatic carbocycles. The first-order valence-corrected chi connectivity index (χ1v) is 6.48. The molecule has 0 amide bonds. The molecule has 2 heterocycles. The zero-order valence-corrected chi connectivity index (χ0v) is 10.8. The molecule has 90 valence electrons. The van der Waals surface area contributed by atoms with Gasteiger partial charge < -0.3 is 9.30 Å². The van der Waals surface area contributed by atoms with E-state index in [1.807, 2.05) is 4.57 Å². The summed E-state index contributed by atoms with van der Waals surface area (Å²) < 4.78 is 21.7. The Kier molecular flexibility index (Phi) is 2.88. The lowest BCUT2D eigenvalue weighted by molar-refractivity contribution is -0.0295. The summed E-state index contributed by atoms with van der Waals surface area (Å²) in [7, 11) is 0. The third kappa shape index (κ3) is 1.98. The van der Waals surface area contributed by atoms with Crippen LogP contribution in [0.5, 0.6) is 0 Å². The van der Waals surface area contributed by atoms with Crippen LogP contribution in [0.25, 0.3) is 11.0 Å². The van der Waals surface area contributed by atoms with E-state index in [1.54, 1.807) is 6.33 Å². The number of hydrogen-bond donors (Lipinski definition) is 0. The fourth-order valence-electron chi connectivity index (χ4n) is 2.23. The van der Waals surface area contributed by atoms with E-state index in [1.165, 1.54) is 12.1 Å². The smallest absolute Gasteiger partial charge is 0.135 e. The average Bonchev–Trinajstić information content (AvgIpc) is 2.74. The van der Waals surface area contributed by atoms with Gasteiger partial charge in [-0.25, -0.2) is 9.37 Å². The Morgan fingerprint density at radius 2 is 2.29 bits per heavy atom. The summed E-state index contributed by atoms with van der Waals surface area (Å²) in [5, 5.41) is 0. The molecule has 1 aliphatic heterocycles. The van der Waals surface area contributed by atoms with Gasteiger partial charge in [0, 0.05) is 11.1 Å². The molecule has 0 bridgehead atoms. The van der Waals surface area contributed by atoms with Gasteiger partial charge in [0.1, 0.15) is 17.6 Å². The van der Waals surface area contributed by atoms with Crippen LogP contribution in [0.15, 0.2) is 22.9 Å². The Balaban J connectivity index is 2.10. The Bertz CT molecular complexity index is 549. The van der Waals surface area contributed by atoms with Gasteiger partial charge in [-0.15, -0.1) is 0 Å². The zero-order chi connectivity index (χ0) is 11.8. The van der Waals surface area contributed by atoms with Gasteiger partial charge in [-0.1, -0.05) is 0 Å². The molecule has 1 aromatic heterocycles. The van der Waals surface area contributed by atoms with Crippen molar-refractivity contribution in [2.24, 2.45) is 0 Å². The van der Waals surface area contributed by atoms with Gasteiger partial charge in [-0.3, -0.25) is 0 Å². The van der Waals surface area contributed by atoms with E-state index >= 15 is 0 Å². The highest BCUT2D eigenvalue weighted by Gasteiger charge is 2.19. The van der Waals surface area contributed by atoms with Gasteiger partial charge in [-0.05, 0) is 47.3 Å². The number of halogens is 2. The third-order valence-electron chi connectivity index (χ3n) is 3.06. The highest BCUT2D eigenvalue weighted by molar-refractivity contribution is 9.10. The molecule has 1 saturated heterocycles. The maximum atomic E-state index is 13.4. The Morgan fingerprint density at radius 1 is 1.41 bits per heavy atom. The molecule has 1 fully saturated rings. The third-order valence-corrected chi connectivity index (χ3v) is 3.67. The van der Waals surface area contributed by atoms with E-state index in [0.717, 1.165) is 36.9 Å². The summed E-state index contributed by atoms with van der Waals surface area (Å²) >= 11 is 3.33. The van der Waals surface area contributed by atoms with Crippen LogP contribution in [0.4, 0.5) is 4.39 Å². The van der Waals surface area contributed by atoms with Crippen molar-refractivity contribution in [1.29, 1.82) is 0 Å². The van der Waals surface area contributed by atoms with Crippen LogP contribution in [-0.2, 0) is 4.74 Å². The topological polar surface area (TPSA) is 27.1 Å². The van der Waals surface area contributed by atoms with Crippen LogP contribution in [0.2, 0.25) is 0 Å². The predicted molar refractivity (Wildman–Crippen MR) is 66.2 cm³/mol. The number of nitrogens with zero attached hydrogens (tertiary/aromatic N) is 2. The lowest BCUT2D eigenvalue weighted by atomic mass is 10.2. The van der Waals surface area contributed by atoms with Crippen LogP contribution < -0.4 is 0 Å². The van der Waals surface area contributed by atoms with Crippen molar-refractivity contribution in [2.75, 3.05) is 6.61 Å². The molecule has 2 aromatic rings. The maximum Gasteiger partial charge on any atom is 0.135 e. The lowest BCUT2D eigenvalue weighted by Crippen LogP contribution is -2.17. The van der Waals surface area contributed by atoms with E-state index < -0.39 is 0 Å². The second-order valence-corrected chi connectivity index (χ2v) is 5.08. The number of fused-ring (bicyclic) bond motifs is 1. The first-order valence-electron chi connectivity index (χ1n) is 5.69. The molecule has 0 saturated carbocycles. The van der Waals surface area contributed by atoms with E-state index in [9.17, 15) is 4.39 Å². The van der Waals surface area contributed by atoms with Gasteiger partial charge in [0.05, 0.1) is 11.8 Å². The van der Waals surface area contributed by atoms with Crippen LogP contribution >= 0.6 is 15.9 Å². The minimum Gasteiger partial charge on any atom is -0.358 e. The summed E-state index contributed by atoms with van der Waals surface area (Å²) in [5.41, 5.74) is 1.56. The first-order chi connectivity index (χ1) is 8.25. The van der Waals surface area contributed by atoms with Crippen molar-refractivity contribution < 1.29 is 9.13 Å². The van der Waals surface area contributed by atoms with Gasteiger partial charge in [0.15, 0.2) is 0 Å². The van der Waals surface area contributed by atoms with Crippen molar-refractivity contribution in [1.82, 2.24) is 9.55 Å². The van der Waals surface area contributed by atoms with Crippen molar-refractivity contribution in [2.45, 2.75) is 25.5 Å². The van der Waals surface area contributed by atoms with Crippen LogP contribution in [-0.4, -0.2) is 16.2 Å². The molecule has 3 rings (SSSR count). The number of rotatable bonds is 1. The zero-order valence-electron chi connectivity index (χ0n) is 9.20. The van der Waals surface area contributed by atoms with Crippen molar-refractivity contribution in [3.8, 4) is 0 Å². The molecule has 3 nitrogen and oxygen atoms in total. The van der Waals surface area contributed by atoms with Crippen LogP contribution in [0.1, 0.15) is 25.5 Å². The van der Waals surface area contributed by atoms with Gasteiger partial charge in [-0.2, -0.15) is 0 Å². The first kappa shape index (κ1) is 11.2. The SMILES string of the molecule is Fc1cc(Br)c2ncn(C3CCCCO3)c2c1. The molecule has 0 spiro atoms. The molecule has 5 heteroatoms. The molecule has 0 radical (unpaired) electrons. The van der Waals surface area contributed by atoms with Crippen LogP contribution in [0, 0.1) is 5.82 Å². The molecule has 1 atom stereocenters. The lowest BCUT2D eigenvalue weighted by Gasteiger charge is -2.24. The summed E-state index contributed by atoms with van der Waals surface area (Å²) in [6.45, 7) is 0.765. The predicted octanol–water partition coefficient (Wildman–Crippen LogP) is 3.64. The second-order valence-electron chi connectivity index (χ2n) is 4.23. The molecular formula is C12H12BrFN2O. The monoisotopic (exact) mass is 298 g/mol. The van der Waals surface area contributed by atoms with Gasteiger partial charge >= 0.3 is 0 Å². The van der Waals surface area contributed by atoms with Gasteiger partial charge in [0.2, 0.25) is 0 Å². The molecular weight excluding hydrogens is 287 g/mol. The van der Waals surface area contributed by atoms with E-state index in [2.05, 4.69) is 20.9 Å². The van der Waals surface area contributed by atoms with Crippen molar-refractivity contribution in [3.63, 3.8) is 0 Å². The highest BCUT2D eigenvalue weighted by atomic mass is 79.9. The number of imidazole rings is 1. The fourth-order valence-corrected chi connectivity index (χ4v) is 2.76. The highest BCUT2D eigenvalue weighted by Crippen LogP contribution is 2.30. The summed E-state index contributed by atoms with van der Waals surface area (Å²) in [6.07, 6.45) is 4.91. The number of hydrogen-bond acceptors (Lipinski definition) is 2. The average molecular weight is 299 g/mol. The van der Waals surface area contributed by atoms with E-state index in [-0.39, 0.29) is 12.0 Å². The Hall–Kier alpha value is -0.940. The second kappa shape index (κ2) is 4.38. The van der Waals surface area contributed by atoms with Crippen LogP contribution in [0.3, 0.4) is 0 Å². The maximum absolute atomic E-state index is 13.4. The molecule has 0 N–H and O–H groups in total. The standard InChI is InChI=1S/C12H12BrFN2O/c13-9-5-8(14)6-10-12(9)15-7-16(10)11-3-1-2-4-17-11/h5-7,11H,1-4H2. The van der Waals surface area contributed by atoms with Crippen molar-refractivity contribution in [3.05, 3.63) is 28.7 Å². The quantitative estimate of drug-likeness (QED) is 0.804. The molecule has 1 aliphatic rings. The number of ether oxygens (including phenoxy) is 1. The largest absolute Gasteiger partial charge is 0.358 e. The van der Waals surface area contributed by atoms with Crippen molar-refractivity contribution >= 4 is 27.0 Å². The summed E-state index contributed by atoms with van der Waals surface area (Å²) in [5.74, 6) is -0.262. The minimum atomic E-state index is -0.262. The fraction of sp³-hybridized carbons (Fsp3) is 0.417.